The van der Waals surface area contributed by atoms with E-state index < -0.39 is 0 Å². The van der Waals surface area contributed by atoms with Gasteiger partial charge in [0.15, 0.2) is 0 Å². The van der Waals surface area contributed by atoms with Crippen molar-refractivity contribution in [2.45, 2.75) is 26.7 Å². The fraction of sp³-hybridized carbons (Fsp3) is 0.444. The van der Waals surface area contributed by atoms with E-state index in [1.165, 1.54) is 5.57 Å². The summed E-state index contributed by atoms with van der Waals surface area (Å²) in [5, 5.41) is 0. The topological polar surface area (TPSA) is 43.1 Å². The van der Waals surface area contributed by atoms with Crippen molar-refractivity contribution < 1.29 is 4.79 Å². The van der Waals surface area contributed by atoms with Crippen LogP contribution in [0.1, 0.15) is 26.7 Å². The maximum absolute atomic E-state index is 10.8. The van der Waals surface area contributed by atoms with Crippen molar-refractivity contribution in [1.82, 2.24) is 0 Å². The molecule has 0 aromatic carbocycles. The molecule has 0 aliphatic heterocycles. The highest BCUT2D eigenvalue weighted by Crippen LogP contribution is 2.23. The van der Waals surface area contributed by atoms with Crippen LogP contribution in [0.4, 0.5) is 0 Å². The first-order chi connectivity index (χ1) is 5.13. The smallest absolute Gasteiger partial charge is 0.248 e. The lowest BCUT2D eigenvalue weighted by molar-refractivity contribution is -0.114. The van der Waals surface area contributed by atoms with Crippen molar-refractivity contribution in [3.8, 4) is 0 Å². The van der Waals surface area contributed by atoms with Crippen molar-refractivity contribution in [2.75, 3.05) is 0 Å². The third kappa shape index (κ3) is 1.50. The summed E-state index contributed by atoms with van der Waals surface area (Å²) >= 11 is 0. The molecule has 2 heteroatoms. The first-order valence-corrected chi connectivity index (χ1v) is 3.79. The molecule has 0 aromatic rings. The van der Waals surface area contributed by atoms with E-state index in [9.17, 15) is 4.79 Å². The average Bonchev–Trinajstić information content (AvgIpc) is 1.94. The number of nitrogens with two attached hydrogens (primary N) is 1. The minimum absolute atomic E-state index is 0.304. The van der Waals surface area contributed by atoms with Crippen LogP contribution in [0.15, 0.2) is 22.8 Å². The predicted molar refractivity (Wildman–Crippen MR) is 44.9 cm³/mol. The second-order valence-electron chi connectivity index (χ2n) is 2.93. The summed E-state index contributed by atoms with van der Waals surface area (Å²) in [7, 11) is 0. The summed E-state index contributed by atoms with van der Waals surface area (Å²) in [6.07, 6.45) is 3.93. The normalized spacial score (nSPS) is 18.2. The second-order valence-corrected chi connectivity index (χ2v) is 2.93. The standard InChI is InChI=1S/C9H13NO/c1-6-4-3-5-8(7(6)2)9(10)11/h5H,3-4H2,1-2H3,(H2,10,11). The van der Waals surface area contributed by atoms with E-state index in [4.69, 9.17) is 5.73 Å². The first-order valence-electron chi connectivity index (χ1n) is 3.79. The van der Waals surface area contributed by atoms with E-state index >= 15 is 0 Å². The summed E-state index contributed by atoms with van der Waals surface area (Å²) in [6, 6.07) is 0. The third-order valence-corrected chi connectivity index (χ3v) is 2.18. The largest absolute Gasteiger partial charge is 0.366 e. The number of rotatable bonds is 1. The Morgan fingerprint density at radius 1 is 1.55 bits per heavy atom. The lowest BCUT2D eigenvalue weighted by Crippen LogP contribution is -2.16. The minimum Gasteiger partial charge on any atom is -0.366 e. The Kier molecular flexibility index (Phi) is 2.13. The molecule has 0 aromatic heterocycles. The molecule has 0 saturated carbocycles. The number of hydrogen-bond donors (Lipinski definition) is 1. The molecule has 0 spiro atoms. The maximum atomic E-state index is 10.8. The number of allylic oxidation sites excluding steroid dienone is 2. The summed E-state index contributed by atoms with van der Waals surface area (Å²) < 4.78 is 0. The molecular formula is C9H13NO. The Morgan fingerprint density at radius 3 is 2.64 bits per heavy atom. The van der Waals surface area contributed by atoms with Crippen LogP contribution in [0, 0.1) is 0 Å². The van der Waals surface area contributed by atoms with Crippen LogP contribution >= 0.6 is 0 Å². The zero-order valence-corrected chi connectivity index (χ0v) is 6.98. The van der Waals surface area contributed by atoms with Gasteiger partial charge in [-0.1, -0.05) is 11.6 Å². The quantitative estimate of drug-likeness (QED) is 0.606. The van der Waals surface area contributed by atoms with Crippen LogP contribution in [0.25, 0.3) is 0 Å². The highest BCUT2D eigenvalue weighted by Gasteiger charge is 2.12. The fourth-order valence-corrected chi connectivity index (χ4v) is 1.29. The molecule has 60 valence electrons. The van der Waals surface area contributed by atoms with E-state index in [-0.39, 0.29) is 5.91 Å². The summed E-state index contributed by atoms with van der Waals surface area (Å²) in [5.41, 5.74) is 8.22. The molecule has 0 heterocycles. The van der Waals surface area contributed by atoms with E-state index in [1.807, 2.05) is 19.9 Å². The molecule has 0 unspecified atom stereocenters. The van der Waals surface area contributed by atoms with Crippen LogP contribution in [-0.4, -0.2) is 5.91 Å². The maximum Gasteiger partial charge on any atom is 0.248 e. The molecule has 11 heavy (non-hydrogen) atoms. The Balaban J connectivity index is 2.98. The molecular weight excluding hydrogens is 138 g/mol. The number of carbonyl (C=O) groups excluding carboxylic acids is 1. The molecule has 0 atom stereocenters. The van der Waals surface area contributed by atoms with Crippen LogP contribution in [0.3, 0.4) is 0 Å². The van der Waals surface area contributed by atoms with Gasteiger partial charge < -0.3 is 5.73 Å². The molecule has 0 radical (unpaired) electrons. The molecule has 1 aliphatic carbocycles. The number of amides is 1. The fourth-order valence-electron chi connectivity index (χ4n) is 1.29. The summed E-state index contributed by atoms with van der Waals surface area (Å²) in [4.78, 5) is 10.8. The third-order valence-electron chi connectivity index (χ3n) is 2.18. The van der Waals surface area contributed by atoms with Gasteiger partial charge in [0.2, 0.25) is 5.91 Å². The minimum atomic E-state index is -0.304. The lowest BCUT2D eigenvalue weighted by Gasteiger charge is -2.13. The molecule has 2 N–H and O–H groups in total. The van der Waals surface area contributed by atoms with Gasteiger partial charge in [-0.2, -0.15) is 0 Å². The zero-order valence-electron chi connectivity index (χ0n) is 6.98. The van der Waals surface area contributed by atoms with Gasteiger partial charge in [0, 0.05) is 5.57 Å². The lowest BCUT2D eigenvalue weighted by atomic mass is 9.93. The highest BCUT2D eigenvalue weighted by atomic mass is 16.1. The number of primary amides is 1. The zero-order chi connectivity index (χ0) is 8.43. The van der Waals surface area contributed by atoms with Crippen LogP contribution in [-0.2, 0) is 4.79 Å². The highest BCUT2D eigenvalue weighted by molar-refractivity contribution is 5.96. The molecule has 0 fully saturated rings. The molecule has 2 nitrogen and oxygen atoms in total. The SMILES string of the molecule is CC1=C(C)C(C(N)=O)=CCC1. The van der Waals surface area contributed by atoms with Gasteiger partial charge in [0.05, 0.1) is 0 Å². The van der Waals surface area contributed by atoms with E-state index in [1.54, 1.807) is 0 Å². The van der Waals surface area contributed by atoms with Gasteiger partial charge >= 0.3 is 0 Å². The van der Waals surface area contributed by atoms with Gasteiger partial charge in [-0.25, -0.2) is 0 Å². The molecule has 1 amide bonds. The monoisotopic (exact) mass is 151 g/mol. The summed E-state index contributed by atoms with van der Waals surface area (Å²) in [5.74, 6) is -0.304. The second kappa shape index (κ2) is 2.91. The molecule has 0 bridgehead atoms. The van der Waals surface area contributed by atoms with E-state index in [2.05, 4.69) is 0 Å². The van der Waals surface area contributed by atoms with Gasteiger partial charge in [0.25, 0.3) is 0 Å². The number of hydrogen-bond acceptors (Lipinski definition) is 1. The van der Waals surface area contributed by atoms with Crippen molar-refractivity contribution in [3.05, 3.63) is 22.8 Å². The van der Waals surface area contributed by atoms with E-state index in [0.29, 0.717) is 5.57 Å². The number of carbonyl (C=O) groups is 1. The molecule has 1 aliphatic rings. The Morgan fingerprint density at radius 2 is 2.18 bits per heavy atom. The Labute approximate surface area is 66.8 Å². The van der Waals surface area contributed by atoms with Crippen LogP contribution < -0.4 is 5.73 Å². The van der Waals surface area contributed by atoms with Crippen molar-refractivity contribution in [2.24, 2.45) is 5.73 Å². The molecule has 0 saturated heterocycles. The average molecular weight is 151 g/mol. The van der Waals surface area contributed by atoms with E-state index in [0.717, 1.165) is 18.4 Å². The van der Waals surface area contributed by atoms with Crippen molar-refractivity contribution in [3.63, 3.8) is 0 Å². The van der Waals surface area contributed by atoms with Crippen LogP contribution in [0.2, 0.25) is 0 Å². The van der Waals surface area contributed by atoms with Gasteiger partial charge in [0.1, 0.15) is 0 Å². The first kappa shape index (κ1) is 8.05. The van der Waals surface area contributed by atoms with Crippen molar-refractivity contribution in [1.29, 1.82) is 0 Å². The Bertz CT molecular complexity index is 248. The van der Waals surface area contributed by atoms with Gasteiger partial charge in [-0.15, -0.1) is 0 Å². The Hall–Kier alpha value is -1.05. The van der Waals surface area contributed by atoms with Gasteiger partial charge in [-0.3, -0.25) is 4.79 Å². The van der Waals surface area contributed by atoms with Crippen molar-refractivity contribution >= 4 is 5.91 Å². The molecule has 1 rings (SSSR count). The van der Waals surface area contributed by atoms with Gasteiger partial charge in [-0.05, 0) is 32.3 Å². The predicted octanol–water partition coefficient (Wildman–Crippen LogP) is 1.53. The summed E-state index contributed by atoms with van der Waals surface area (Å²) in [6.45, 7) is 4.00. The van der Waals surface area contributed by atoms with Crippen LogP contribution in [0.5, 0.6) is 0 Å².